The molecular weight excluding hydrogens is 314 g/mol. The largest absolute Gasteiger partial charge is 0.380 e. The monoisotopic (exact) mass is 329 g/mol. The van der Waals surface area contributed by atoms with E-state index in [0.717, 1.165) is 11.1 Å². The highest BCUT2D eigenvalue weighted by Crippen LogP contribution is 2.32. The molecule has 24 heavy (non-hydrogen) atoms. The lowest BCUT2D eigenvalue weighted by Crippen LogP contribution is -1.96. The summed E-state index contributed by atoms with van der Waals surface area (Å²) in [6.07, 6.45) is 0. The Morgan fingerprint density at radius 3 is 2.92 bits per heavy atom. The summed E-state index contributed by atoms with van der Waals surface area (Å²) in [5.74, 6) is 0.396. The molecule has 0 amide bonds. The lowest BCUT2D eigenvalue weighted by molar-refractivity contribution is -0.384. The number of ether oxygens (including phenoxy) is 1. The van der Waals surface area contributed by atoms with Gasteiger partial charge in [0.1, 0.15) is 5.69 Å². The summed E-state index contributed by atoms with van der Waals surface area (Å²) in [6.45, 7) is 2.03. The fourth-order valence-electron chi connectivity index (χ4n) is 2.51. The van der Waals surface area contributed by atoms with E-state index in [0.29, 0.717) is 18.1 Å². The van der Waals surface area contributed by atoms with E-state index in [4.69, 9.17) is 9.26 Å². The highest BCUT2D eigenvalue weighted by Gasteiger charge is 2.29. The van der Waals surface area contributed by atoms with Crippen molar-refractivity contribution in [2.45, 2.75) is 13.5 Å². The van der Waals surface area contributed by atoms with Crippen molar-refractivity contribution in [3.05, 3.63) is 45.6 Å². The van der Waals surface area contributed by atoms with E-state index < -0.39 is 4.92 Å². The lowest BCUT2D eigenvalue weighted by Gasteiger charge is -2.00. The number of aromatic nitrogens is 4. The van der Waals surface area contributed by atoms with Gasteiger partial charge in [-0.25, -0.2) is 0 Å². The Bertz CT molecular complexity index is 899. The Morgan fingerprint density at radius 2 is 2.21 bits per heavy atom. The van der Waals surface area contributed by atoms with Crippen molar-refractivity contribution < 1.29 is 14.2 Å². The van der Waals surface area contributed by atoms with Gasteiger partial charge >= 0.3 is 5.69 Å². The first-order chi connectivity index (χ1) is 11.5. The third-order valence-electron chi connectivity index (χ3n) is 3.50. The summed E-state index contributed by atoms with van der Waals surface area (Å²) < 4.78 is 11.7. The molecule has 0 spiro atoms. The SMILES string of the molecule is COCc1cccc(-c2noc(-c3c([N+](=O)[O-])c(C)nn3C)n2)c1. The minimum Gasteiger partial charge on any atom is -0.380 e. The molecule has 0 bridgehead atoms. The van der Waals surface area contributed by atoms with Crippen LogP contribution in [0.3, 0.4) is 0 Å². The maximum atomic E-state index is 11.3. The molecule has 9 nitrogen and oxygen atoms in total. The number of benzene rings is 1. The normalized spacial score (nSPS) is 11.0. The summed E-state index contributed by atoms with van der Waals surface area (Å²) in [5, 5.41) is 19.3. The molecule has 0 aliphatic carbocycles. The van der Waals surface area contributed by atoms with Crippen LogP contribution < -0.4 is 0 Å². The highest BCUT2D eigenvalue weighted by molar-refractivity contribution is 5.66. The summed E-state index contributed by atoms with van der Waals surface area (Å²) in [5.41, 5.74) is 2.04. The zero-order valence-corrected chi connectivity index (χ0v) is 13.4. The van der Waals surface area contributed by atoms with Crippen LogP contribution in [0.15, 0.2) is 28.8 Å². The summed E-state index contributed by atoms with van der Waals surface area (Å²) in [7, 11) is 3.21. The molecule has 2 heterocycles. The second-order valence-corrected chi connectivity index (χ2v) is 5.22. The molecule has 0 N–H and O–H groups in total. The molecule has 3 rings (SSSR count). The lowest BCUT2D eigenvalue weighted by atomic mass is 10.1. The standard InChI is InChI=1S/C15H15N5O4/c1-9-12(20(21)22)13(19(2)17-9)15-16-14(18-24-15)11-6-4-5-10(7-11)8-23-3/h4-7H,8H2,1-3H3. The van der Waals surface area contributed by atoms with E-state index in [9.17, 15) is 10.1 Å². The Hall–Kier alpha value is -3.07. The van der Waals surface area contributed by atoms with Gasteiger partial charge in [-0.15, -0.1) is 0 Å². The van der Waals surface area contributed by atoms with Gasteiger partial charge in [0.25, 0.3) is 5.89 Å². The predicted molar refractivity (Wildman–Crippen MR) is 84.0 cm³/mol. The maximum absolute atomic E-state index is 11.3. The maximum Gasteiger partial charge on any atom is 0.322 e. The van der Waals surface area contributed by atoms with Gasteiger partial charge in [0.05, 0.1) is 11.5 Å². The number of nitro groups is 1. The van der Waals surface area contributed by atoms with Gasteiger partial charge in [-0.3, -0.25) is 14.8 Å². The predicted octanol–water partition coefficient (Wildman–Crippen LogP) is 2.50. The van der Waals surface area contributed by atoms with Gasteiger partial charge in [0.15, 0.2) is 0 Å². The molecule has 0 saturated carbocycles. The minimum atomic E-state index is -0.499. The molecule has 0 radical (unpaired) electrons. The van der Waals surface area contributed by atoms with Gasteiger partial charge in [-0.05, 0) is 18.6 Å². The molecule has 1 aromatic carbocycles. The Labute approximate surface area is 137 Å². The molecule has 0 aliphatic rings. The molecule has 0 unspecified atom stereocenters. The van der Waals surface area contributed by atoms with E-state index in [2.05, 4.69) is 15.2 Å². The molecule has 2 aromatic heterocycles. The van der Waals surface area contributed by atoms with Gasteiger partial charge < -0.3 is 9.26 Å². The highest BCUT2D eigenvalue weighted by atomic mass is 16.6. The number of nitrogens with zero attached hydrogens (tertiary/aromatic N) is 5. The fraction of sp³-hybridized carbons (Fsp3) is 0.267. The van der Waals surface area contributed by atoms with Gasteiger partial charge in [-0.2, -0.15) is 10.1 Å². The van der Waals surface area contributed by atoms with Crippen molar-refractivity contribution in [3.8, 4) is 23.0 Å². The first kappa shape index (κ1) is 15.8. The van der Waals surface area contributed by atoms with E-state index >= 15 is 0 Å². The second kappa shape index (κ2) is 6.20. The van der Waals surface area contributed by atoms with Crippen molar-refractivity contribution in [2.75, 3.05) is 7.11 Å². The Balaban J connectivity index is 2.03. The van der Waals surface area contributed by atoms with Crippen molar-refractivity contribution in [1.29, 1.82) is 0 Å². The number of hydrogen-bond donors (Lipinski definition) is 0. The first-order valence-electron chi connectivity index (χ1n) is 7.11. The number of rotatable bonds is 5. The van der Waals surface area contributed by atoms with Crippen molar-refractivity contribution in [2.24, 2.45) is 7.05 Å². The van der Waals surface area contributed by atoms with Crippen LogP contribution in [0.2, 0.25) is 0 Å². The van der Waals surface area contributed by atoms with Crippen LogP contribution >= 0.6 is 0 Å². The molecule has 3 aromatic rings. The molecule has 0 aliphatic heterocycles. The number of hydrogen-bond acceptors (Lipinski definition) is 7. The van der Waals surface area contributed by atoms with Gasteiger partial charge in [-0.1, -0.05) is 23.4 Å². The second-order valence-electron chi connectivity index (χ2n) is 5.22. The van der Waals surface area contributed by atoms with Crippen LogP contribution in [0.4, 0.5) is 5.69 Å². The van der Waals surface area contributed by atoms with Crippen LogP contribution in [-0.2, 0) is 18.4 Å². The molecule has 124 valence electrons. The van der Waals surface area contributed by atoms with Gasteiger partial charge in [0, 0.05) is 19.7 Å². The fourth-order valence-corrected chi connectivity index (χ4v) is 2.51. The molecule has 0 saturated heterocycles. The molecule has 9 heteroatoms. The van der Waals surface area contributed by atoms with E-state index in [1.807, 2.05) is 24.3 Å². The smallest absolute Gasteiger partial charge is 0.322 e. The van der Waals surface area contributed by atoms with Gasteiger partial charge in [0.2, 0.25) is 11.5 Å². The number of aryl methyl sites for hydroxylation is 2. The average molecular weight is 329 g/mol. The van der Waals surface area contributed by atoms with Crippen LogP contribution in [0.1, 0.15) is 11.3 Å². The minimum absolute atomic E-state index is 0.0527. The zero-order chi connectivity index (χ0) is 17.3. The first-order valence-corrected chi connectivity index (χ1v) is 7.11. The van der Waals surface area contributed by atoms with Crippen LogP contribution in [0.25, 0.3) is 23.0 Å². The topological polar surface area (TPSA) is 109 Å². The van der Waals surface area contributed by atoms with Crippen LogP contribution in [0.5, 0.6) is 0 Å². The Morgan fingerprint density at radius 1 is 1.42 bits per heavy atom. The third-order valence-corrected chi connectivity index (χ3v) is 3.50. The van der Waals surface area contributed by atoms with E-state index in [-0.39, 0.29) is 17.3 Å². The van der Waals surface area contributed by atoms with E-state index in [1.165, 1.54) is 4.68 Å². The quantitative estimate of drug-likeness (QED) is 0.522. The molecule has 0 fully saturated rings. The van der Waals surface area contributed by atoms with E-state index in [1.54, 1.807) is 21.1 Å². The van der Waals surface area contributed by atoms with Crippen molar-refractivity contribution in [1.82, 2.24) is 19.9 Å². The third kappa shape index (κ3) is 2.76. The number of methoxy groups -OCH3 is 1. The Kier molecular flexibility index (Phi) is 4.09. The van der Waals surface area contributed by atoms with Crippen LogP contribution in [0, 0.1) is 17.0 Å². The van der Waals surface area contributed by atoms with Crippen molar-refractivity contribution >= 4 is 5.69 Å². The zero-order valence-electron chi connectivity index (χ0n) is 13.4. The molecular formula is C15H15N5O4. The van der Waals surface area contributed by atoms with Crippen molar-refractivity contribution in [3.63, 3.8) is 0 Å². The van der Waals surface area contributed by atoms with Crippen LogP contribution in [-0.4, -0.2) is 32.0 Å². The summed E-state index contributed by atoms with van der Waals surface area (Å²) in [6, 6.07) is 7.48. The summed E-state index contributed by atoms with van der Waals surface area (Å²) in [4.78, 5) is 15.1. The average Bonchev–Trinajstić information content (AvgIpc) is 3.12. The molecule has 0 atom stereocenters. The summed E-state index contributed by atoms with van der Waals surface area (Å²) >= 11 is 0.